The first kappa shape index (κ1) is 17.7. The van der Waals surface area contributed by atoms with Gasteiger partial charge < -0.3 is 10.2 Å². The van der Waals surface area contributed by atoms with Crippen molar-refractivity contribution in [1.29, 1.82) is 5.26 Å². The van der Waals surface area contributed by atoms with Crippen LogP contribution in [0.4, 0.5) is 5.69 Å². The van der Waals surface area contributed by atoms with Crippen LogP contribution in [0.5, 0.6) is 0 Å². The van der Waals surface area contributed by atoms with Gasteiger partial charge in [0.1, 0.15) is 5.41 Å². The second-order valence-electron chi connectivity index (χ2n) is 7.01. The van der Waals surface area contributed by atoms with Crippen molar-refractivity contribution in [3.63, 3.8) is 0 Å². The van der Waals surface area contributed by atoms with Gasteiger partial charge in [0.15, 0.2) is 0 Å². The molecule has 26 heavy (non-hydrogen) atoms. The highest BCUT2D eigenvalue weighted by Crippen LogP contribution is 2.26. The lowest BCUT2D eigenvalue weighted by molar-refractivity contribution is -0.147. The number of fused-ring (bicyclic) bond motifs is 1. The maximum atomic E-state index is 13.0. The predicted octanol–water partition coefficient (Wildman–Crippen LogP) is 3.11. The Bertz CT molecular complexity index is 879. The summed E-state index contributed by atoms with van der Waals surface area (Å²) in [6, 6.07) is 16.7. The zero-order chi connectivity index (χ0) is 18.7. The topological polar surface area (TPSA) is 73.2 Å². The van der Waals surface area contributed by atoms with Gasteiger partial charge in [0.2, 0.25) is 11.8 Å². The van der Waals surface area contributed by atoms with E-state index in [1.54, 1.807) is 43.0 Å². The van der Waals surface area contributed by atoms with Gasteiger partial charge in [0.25, 0.3) is 0 Å². The molecule has 1 N–H and O–H groups in total. The van der Waals surface area contributed by atoms with Crippen molar-refractivity contribution in [2.24, 2.45) is 5.41 Å². The molecule has 132 valence electrons. The van der Waals surface area contributed by atoms with Crippen LogP contribution < -0.4 is 5.32 Å². The number of hydrogen-bond donors (Lipinski definition) is 1. The van der Waals surface area contributed by atoms with Gasteiger partial charge in [-0.2, -0.15) is 5.26 Å². The summed E-state index contributed by atoms with van der Waals surface area (Å²) in [5.41, 5.74) is 2.30. The number of rotatable bonds is 3. The van der Waals surface area contributed by atoms with E-state index in [-0.39, 0.29) is 11.8 Å². The molecular weight excluding hydrogens is 326 g/mol. The Kier molecular flexibility index (Phi) is 4.77. The molecule has 0 saturated carbocycles. The van der Waals surface area contributed by atoms with Crippen LogP contribution >= 0.6 is 0 Å². The first-order valence-corrected chi connectivity index (χ1v) is 8.59. The summed E-state index contributed by atoms with van der Waals surface area (Å²) < 4.78 is 0. The van der Waals surface area contributed by atoms with Crippen molar-refractivity contribution >= 4 is 17.5 Å². The standard InChI is InChI=1S/C21H21N3O2/c1-21(2,19(25)23-18-9-7-15(13-22)8-10-18)20(26)24-12-11-16-5-3-4-6-17(16)14-24/h3-10H,11-12,14H2,1-2H3,(H,23,25). The van der Waals surface area contributed by atoms with E-state index in [0.717, 1.165) is 12.0 Å². The summed E-state index contributed by atoms with van der Waals surface area (Å²) in [4.78, 5) is 27.4. The minimum Gasteiger partial charge on any atom is -0.337 e. The first-order chi connectivity index (χ1) is 12.4. The zero-order valence-electron chi connectivity index (χ0n) is 15.0. The number of nitriles is 1. The Morgan fingerprint density at radius 1 is 1.08 bits per heavy atom. The molecule has 3 rings (SSSR count). The Morgan fingerprint density at radius 2 is 1.73 bits per heavy atom. The summed E-state index contributed by atoms with van der Waals surface area (Å²) in [6.45, 7) is 4.44. The van der Waals surface area contributed by atoms with Crippen molar-refractivity contribution < 1.29 is 9.59 Å². The number of amides is 2. The van der Waals surface area contributed by atoms with Crippen molar-refractivity contribution in [2.45, 2.75) is 26.8 Å². The zero-order valence-corrected chi connectivity index (χ0v) is 15.0. The molecule has 0 aliphatic carbocycles. The summed E-state index contributed by atoms with van der Waals surface area (Å²) in [5.74, 6) is -0.538. The molecule has 0 bridgehead atoms. The molecule has 0 unspecified atom stereocenters. The maximum Gasteiger partial charge on any atom is 0.239 e. The van der Waals surface area contributed by atoms with Crippen molar-refractivity contribution in [1.82, 2.24) is 4.90 Å². The maximum absolute atomic E-state index is 13.0. The Balaban J connectivity index is 1.71. The second kappa shape index (κ2) is 7.01. The highest BCUT2D eigenvalue weighted by molar-refractivity contribution is 6.09. The van der Waals surface area contributed by atoms with Crippen LogP contribution in [0.1, 0.15) is 30.5 Å². The molecule has 2 aromatic rings. The lowest BCUT2D eigenvalue weighted by Crippen LogP contribution is -2.48. The van der Waals surface area contributed by atoms with Crippen LogP contribution in [0.2, 0.25) is 0 Å². The summed E-state index contributed by atoms with van der Waals surface area (Å²) in [7, 11) is 0. The van der Waals surface area contributed by atoms with Gasteiger partial charge in [-0.15, -0.1) is 0 Å². The fraction of sp³-hybridized carbons (Fsp3) is 0.286. The molecule has 0 spiro atoms. The van der Waals surface area contributed by atoms with Crippen LogP contribution in [-0.2, 0) is 22.6 Å². The molecule has 0 aromatic heterocycles. The molecule has 1 heterocycles. The van der Waals surface area contributed by atoms with Crippen molar-refractivity contribution in [2.75, 3.05) is 11.9 Å². The number of hydrogen-bond acceptors (Lipinski definition) is 3. The largest absolute Gasteiger partial charge is 0.337 e. The molecule has 2 aromatic carbocycles. The Labute approximate surface area is 153 Å². The van der Waals surface area contributed by atoms with Crippen LogP contribution in [-0.4, -0.2) is 23.3 Å². The lowest BCUT2D eigenvalue weighted by Gasteiger charge is -2.34. The second-order valence-corrected chi connectivity index (χ2v) is 7.01. The highest BCUT2D eigenvalue weighted by atomic mass is 16.2. The fourth-order valence-electron chi connectivity index (χ4n) is 3.08. The average Bonchev–Trinajstić information content (AvgIpc) is 2.67. The van der Waals surface area contributed by atoms with Crippen LogP contribution in [0.15, 0.2) is 48.5 Å². The molecule has 1 aliphatic heterocycles. The third-order valence-corrected chi connectivity index (χ3v) is 4.79. The van der Waals surface area contributed by atoms with E-state index >= 15 is 0 Å². The summed E-state index contributed by atoms with van der Waals surface area (Å²) >= 11 is 0. The van der Waals surface area contributed by atoms with E-state index in [4.69, 9.17) is 5.26 Å². The lowest BCUT2D eigenvalue weighted by atomic mass is 9.88. The molecule has 0 fully saturated rings. The number of benzene rings is 2. The Hall–Kier alpha value is -3.13. The molecule has 0 atom stereocenters. The minimum absolute atomic E-state index is 0.182. The minimum atomic E-state index is -1.18. The van der Waals surface area contributed by atoms with Gasteiger partial charge in [-0.1, -0.05) is 24.3 Å². The quantitative estimate of drug-likeness (QED) is 0.867. The molecule has 5 heteroatoms. The smallest absolute Gasteiger partial charge is 0.239 e. The van der Waals surface area contributed by atoms with E-state index < -0.39 is 5.41 Å². The number of anilines is 1. The molecule has 2 amide bonds. The number of nitrogens with one attached hydrogen (secondary N) is 1. The number of carbonyl (C=O) groups excluding carboxylic acids is 2. The van der Waals surface area contributed by atoms with E-state index in [9.17, 15) is 9.59 Å². The molecule has 1 aliphatic rings. The van der Waals surface area contributed by atoms with E-state index in [1.165, 1.54) is 5.56 Å². The fourth-order valence-corrected chi connectivity index (χ4v) is 3.08. The molecule has 0 radical (unpaired) electrons. The third-order valence-electron chi connectivity index (χ3n) is 4.79. The van der Waals surface area contributed by atoms with Gasteiger partial charge >= 0.3 is 0 Å². The van der Waals surface area contributed by atoms with Crippen molar-refractivity contribution in [3.05, 3.63) is 65.2 Å². The summed E-state index contributed by atoms with van der Waals surface area (Å²) in [6.07, 6.45) is 0.801. The van der Waals surface area contributed by atoms with Crippen molar-refractivity contribution in [3.8, 4) is 6.07 Å². The normalized spacial score (nSPS) is 13.5. The van der Waals surface area contributed by atoms with Gasteiger partial charge in [0, 0.05) is 18.8 Å². The van der Waals surface area contributed by atoms with Gasteiger partial charge in [-0.25, -0.2) is 0 Å². The molecule has 5 nitrogen and oxygen atoms in total. The average molecular weight is 347 g/mol. The molecular formula is C21H21N3O2. The van der Waals surface area contributed by atoms with Crippen LogP contribution in [0, 0.1) is 16.7 Å². The van der Waals surface area contributed by atoms with Crippen LogP contribution in [0.3, 0.4) is 0 Å². The number of nitrogens with zero attached hydrogens (tertiary/aromatic N) is 2. The predicted molar refractivity (Wildman–Crippen MR) is 99.1 cm³/mol. The Morgan fingerprint density at radius 3 is 2.38 bits per heavy atom. The van der Waals surface area contributed by atoms with Gasteiger partial charge in [-0.3, -0.25) is 9.59 Å². The first-order valence-electron chi connectivity index (χ1n) is 8.59. The van der Waals surface area contributed by atoms with E-state index in [2.05, 4.69) is 11.4 Å². The summed E-state index contributed by atoms with van der Waals surface area (Å²) in [5, 5.41) is 11.6. The monoisotopic (exact) mass is 347 g/mol. The van der Waals surface area contributed by atoms with E-state index in [0.29, 0.717) is 24.3 Å². The van der Waals surface area contributed by atoms with Gasteiger partial charge in [-0.05, 0) is 55.7 Å². The van der Waals surface area contributed by atoms with E-state index in [1.807, 2.05) is 24.3 Å². The third kappa shape index (κ3) is 3.45. The highest BCUT2D eigenvalue weighted by Gasteiger charge is 2.40. The number of carbonyl (C=O) groups is 2. The molecule has 0 saturated heterocycles. The SMILES string of the molecule is CC(C)(C(=O)Nc1ccc(C#N)cc1)C(=O)N1CCc2ccccc2C1. The van der Waals surface area contributed by atoms with Gasteiger partial charge in [0.05, 0.1) is 11.6 Å². The van der Waals surface area contributed by atoms with Crippen LogP contribution in [0.25, 0.3) is 0 Å².